The summed E-state index contributed by atoms with van der Waals surface area (Å²) < 4.78 is 0.719. The fraction of sp³-hybridized carbons (Fsp3) is 0.238. The molecule has 2 aromatic carbocycles. The summed E-state index contributed by atoms with van der Waals surface area (Å²) in [6.07, 6.45) is -0.101. The lowest BCUT2D eigenvalue weighted by atomic mass is 9.49. The Hall–Kier alpha value is -2.96. The number of hydrogen-bond acceptors (Lipinski definition) is 4. The molecule has 27 heavy (non-hydrogen) atoms. The number of nitrogens with one attached hydrogen (secondary N) is 1. The summed E-state index contributed by atoms with van der Waals surface area (Å²) in [7, 11) is 0. The van der Waals surface area contributed by atoms with Gasteiger partial charge in [-0.25, -0.2) is 0 Å². The fourth-order valence-corrected chi connectivity index (χ4v) is 4.87. The summed E-state index contributed by atoms with van der Waals surface area (Å²) in [5.41, 5.74) is -1.45. The lowest BCUT2D eigenvalue weighted by Crippen LogP contribution is -2.56. The van der Waals surface area contributed by atoms with E-state index in [-0.39, 0.29) is 18.6 Å². The number of fused-ring (bicyclic) bond motifs is 2. The van der Waals surface area contributed by atoms with Crippen LogP contribution in [-0.4, -0.2) is 11.7 Å². The predicted molar refractivity (Wildman–Crippen MR) is 102 cm³/mol. The van der Waals surface area contributed by atoms with Crippen LogP contribution in [0.5, 0.6) is 0 Å². The second-order valence-corrected chi connectivity index (χ2v) is 7.88. The molecule has 1 spiro atoms. The van der Waals surface area contributed by atoms with Crippen LogP contribution >= 0.6 is 15.9 Å². The van der Waals surface area contributed by atoms with E-state index in [9.17, 15) is 20.1 Å². The summed E-state index contributed by atoms with van der Waals surface area (Å²) in [5, 5.41) is 23.2. The third-order valence-electron chi connectivity index (χ3n) is 5.72. The van der Waals surface area contributed by atoms with Gasteiger partial charge in [0.05, 0.1) is 12.1 Å². The molecule has 1 aliphatic heterocycles. The number of benzene rings is 2. The van der Waals surface area contributed by atoms with Gasteiger partial charge in [-0.05, 0) is 29.3 Å². The van der Waals surface area contributed by atoms with Crippen molar-refractivity contribution in [3.8, 4) is 12.1 Å². The number of carbonyl (C=O) groups is 2. The minimum Gasteiger partial charge on any atom is -0.325 e. The van der Waals surface area contributed by atoms with Crippen molar-refractivity contribution in [1.29, 1.82) is 10.5 Å². The molecular weight excluding hydrogens is 406 g/mol. The van der Waals surface area contributed by atoms with E-state index in [1.165, 1.54) is 0 Å². The highest BCUT2D eigenvalue weighted by Gasteiger charge is 2.68. The Morgan fingerprint density at radius 2 is 1.78 bits per heavy atom. The zero-order valence-corrected chi connectivity index (χ0v) is 15.8. The SMILES string of the molecule is N#CC1(C#N)[C@@H](c2ccccc2)CC(=O)C[C@@]12C(=O)Nc1ccc(Br)cc12. The normalized spacial score (nSPS) is 25.4. The van der Waals surface area contributed by atoms with Crippen LogP contribution in [0.2, 0.25) is 0 Å². The molecule has 0 radical (unpaired) electrons. The van der Waals surface area contributed by atoms with Crippen LogP contribution in [0.1, 0.15) is 29.9 Å². The third kappa shape index (κ3) is 2.20. The van der Waals surface area contributed by atoms with Gasteiger partial charge in [0.25, 0.3) is 0 Å². The molecule has 2 aliphatic rings. The number of amides is 1. The van der Waals surface area contributed by atoms with Crippen molar-refractivity contribution in [2.24, 2.45) is 5.41 Å². The Kier molecular flexibility index (Phi) is 3.91. The predicted octanol–water partition coefficient (Wildman–Crippen LogP) is 3.82. The van der Waals surface area contributed by atoms with Gasteiger partial charge in [-0.2, -0.15) is 10.5 Å². The second-order valence-electron chi connectivity index (χ2n) is 6.96. The zero-order valence-electron chi connectivity index (χ0n) is 14.2. The van der Waals surface area contributed by atoms with Gasteiger partial charge in [-0.15, -0.1) is 0 Å². The van der Waals surface area contributed by atoms with Crippen LogP contribution in [0.4, 0.5) is 5.69 Å². The van der Waals surface area contributed by atoms with E-state index in [1.54, 1.807) is 42.5 Å². The van der Waals surface area contributed by atoms with Gasteiger partial charge in [-0.3, -0.25) is 9.59 Å². The highest BCUT2D eigenvalue weighted by molar-refractivity contribution is 9.10. The fourth-order valence-electron chi connectivity index (χ4n) is 4.51. The molecule has 0 aromatic heterocycles. The Balaban J connectivity index is 2.05. The molecule has 0 unspecified atom stereocenters. The molecule has 6 heteroatoms. The average Bonchev–Trinajstić information content (AvgIpc) is 2.95. The molecule has 132 valence electrons. The van der Waals surface area contributed by atoms with Crippen LogP contribution in [0.25, 0.3) is 0 Å². The van der Waals surface area contributed by atoms with Crippen LogP contribution in [0.15, 0.2) is 53.0 Å². The van der Waals surface area contributed by atoms with Crippen molar-refractivity contribution in [2.75, 3.05) is 5.32 Å². The summed E-state index contributed by atoms with van der Waals surface area (Å²) in [6, 6.07) is 18.6. The standard InChI is InChI=1S/C21H14BrN3O2/c22-14-6-7-18-17(8-14)21(19(27)25-18)10-15(26)9-16(20(21,11-23)12-24)13-4-2-1-3-5-13/h1-8,16H,9-10H2,(H,25,27)/t16-,21-/m1/s1. The van der Waals surface area contributed by atoms with E-state index in [0.29, 0.717) is 16.8 Å². The number of carbonyl (C=O) groups excluding carboxylic acids is 2. The molecule has 1 N–H and O–H groups in total. The topological polar surface area (TPSA) is 93.8 Å². The average molecular weight is 420 g/mol. The van der Waals surface area contributed by atoms with Gasteiger partial charge in [0.15, 0.2) is 5.41 Å². The lowest BCUT2D eigenvalue weighted by Gasteiger charge is -2.46. The molecule has 0 bridgehead atoms. The van der Waals surface area contributed by atoms with Gasteiger partial charge < -0.3 is 5.32 Å². The minimum absolute atomic E-state index is 0.0590. The first-order valence-corrected chi connectivity index (χ1v) is 9.28. The van der Waals surface area contributed by atoms with Gasteiger partial charge in [0, 0.05) is 28.9 Å². The van der Waals surface area contributed by atoms with Gasteiger partial charge in [0.1, 0.15) is 11.2 Å². The Bertz CT molecular complexity index is 1040. The minimum atomic E-state index is -1.70. The van der Waals surface area contributed by atoms with Crippen molar-refractivity contribution >= 4 is 33.3 Å². The molecule has 2 atom stereocenters. The first-order valence-electron chi connectivity index (χ1n) is 8.49. The van der Waals surface area contributed by atoms with Crippen molar-refractivity contribution in [3.63, 3.8) is 0 Å². The maximum Gasteiger partial charge on any atom is 0.238 e. The van der Waals surface area contributed by atoms with Gasteiger partial charge >= 0.3 is 0 Å². The number of ketones is 1. The van der Waals surface area contributed by atoms with E-state index >= 15 is 0 Å². The molecule has 1 amide bonds. The second kappa shape index (κ2) is 6.04. The zero-order chi connectivity index (χ0) is 19.2. The van der Waals surface area contributed by atoms with Crippen LogP contribution in [-0.2, 0) is 15.0 Å². The van der Waals surface area contributed by atoms with Crippen LogP contribution < -0.4 is 5.32 Å². The number of anilines is 1. The number of halogens is 1. The van der Waals surface area contributed by atoms with Gasteiger partial charge in [-0.1, -0.05) is 46.3 Å². The molecule has 0 saturated heterocycles. The molecule has 4 rings (SSSR count). The number of Topliss-reactive ketones (excluding diaryl/α,β-unsaturated/α-hetero) is 1. The Morgan fingerprint density at radius 1 is 1.07 bits per heavy atom. The molecule has 5 nitrogen and oxygen atoms in total. The quantitative estimate of drug-likeness (QED) is 0.759. The molecular formula is C21H14BrN3O2. The number of rotatable bonds is 1. The molecule has 1 aliphatic carbocycles. The molecule has 1 saturated carbocycles. The van der Waals surface area contributed by atoms with E-state index in [0.717, 1.165) is 4.47 Å². The molecule has 1 heterocycles. The van der Waals surface area contributed by atoms with Crippen molar-refractivity contribution in [1.82, 2.24) is 0 Å². The maximum absolute atomic E-state index is 13.2. The Labute approximate surface area is 164 Å². The highest BCUT2D eigenvalue weighted by Crippen LogP contribution is 2.61. The van der Waals surface area contributed by atoms with Crippen molar-refractivity contribution in [3.05, 3.63) is 64.1 Å². The maximum atomic E-state index is 13.2. The van der Waals surface area contributed by atoms with E-state index < -0.39 is 22.7 Å². The van der Waals surface area contributed by atoms with E-state index in [4.69, 9.17) is 0 Å². The highest BCUT2D eigenvalue weighted by atomic mass is 79.9. The molecule has 2 aromatic rings. The monoisotopic (exact) mass is 419 g/mol. The largest absolute Gasteiger partial charge is 0.325 e. The van der Waals surface area contributed by atoms with Crippen LogP contribution in [0.3, 0.4) is 0 Å². The van der Waals surface area contributed by atoms with Crippen LogP contribution in [0, 0.1) is 28.1 Å². The summed E-state index contributed by atoms with van der Waals surface area (Å²) in [6.45, 7) is 0. The van der Waals surface area contributed by atoms with Gasteiger partial charge in [0.2, 0.25) is 5.91 Å². The van der Waals surface area contributed by atoms with Crippen molar-refractivity contribution in [2.45, 2.75) is 24.2 Å². The smallest absolute Gasteiger partial charge is 0.238 e. The van der Waals surface area contributed by atoms with E-state index in [1.807, 2.05) is 6.07 Å². The summed E-state index contributed by atoms with van der Waals surface area (Å²) in [5.74, 6) is -1.29. The summed E-state index contributed by atoms with van der Waals surface area (Å²) >= 11 is 3.40. The summed E-state index contributed by atoms with van der Waals surface area (Å²) in [4.78, 5) is 26.0. The van der Waals surface area contributed by atoms with E-state index in [2.05, 4.69) is 33.4 Å². The number of nitriles is 2. The van der Waals surface area contributed by atoms with Crippen molar-refractivity contribution < 1.29 is 9.59 Å². The first-order chi connectivity index (χ1) is 13.0. The third-order valence-corrected chi connectivity index (χ3v) is 6.22. The lowest BCUT2D eigenvalue weighted by molar-refractivity contribution is -0.134. The molecule has 1 fully saturated rings. The number of hydrogen-bond donors (Lipinski definition) is 1. The Morgan fingerprint density at radius 3 is 2.44 bits per heavy atom. The first kappa shape index (κ1) is 17.5. The number of nitrogens with zero attached hydrogens (tertiary/aromatic N) is 2.